The van der Waals surface area contributed by atoms with Gasteiger partial charge in [-0.15, -0.1) is 0 Å². The molecule has 0 saturated carbocycles. The number of aryl methyl sites for hydroxylation is 3. The number of benzene rings is 1. The summed E-state index contributed by atoms with van der Waals surface area (Å²) in [6.45, 7) is 8.11. The number of hydrogen-bond donors (Lipinski definition) is 0. The molecule has 1 amide bonds. The fourth-order valence-electron chi connectivity index (χ4n) is 3.05. The van der Waals surface area contributed by atoms with Crippen LogP contribution in [-0.2, 0) is 17.9 Å². The lowest BCUT2D eigenvalue weighted by atomic mass is 10.1. The Kier molecular flexibility index (Phi) is 6.15. The highest BCUT2D eigenvalue weighted by molar-refractivity contribution is 6.32. The molecule has 148 valence electrons. The molecule has 0 radical (unpaired) electrons. The zero-order chi connectivity index (χ0) is 20.3. The highest BCUT2D eigenvalue weighted by Gasteiger charge is 2.24. The molecule has 1 unspecified atom stereocenters. The van der Waals surface area contributed by atoms with Crippen LogP contribution in [-0.4, -0.2) is 16.9 Å². The van der Waals surface area contributed by atoms with Crippen LogP contribution in [0.1, 0.15) is 35.3 Å². The Morgan fingerprint density at radius 3 is 2.36 bits per heavy atom. The van der Waals surface area contributed by atoms with Crippen molar-refractivity contribution in [3.63, 3.8) is 0 Å². The first-order chi connectivity index (χ1) is 13.3. The Bertz CT molecular complexity index is 922. The van der Waals surface area contributed by atoms with Gasteiger partial charge in [0.15, 0.2) is 6.10 Å². The van der Waals surface area contributed by atoms with E-state index in [4.69, 9.17) is 25.2 Å². The maximum atomic E-state index is 13.1. The molecule has 2 heterocycles. The summed E-state index contributed by atoms with van der Waals surface area (Å²) in [5.41, 5.74) is 1.82. The van der Waals surface area contributed by atoms with Crippen molar-refractivity contribution in [2.75, 3.05) is 0 Å². The summed E-state index contributed by atoms with van der Waals surface area (Å²) >= 11 is 6.22. The van der Waals surface area contributed by atoms with Crippen LogP contribution >= 0.6 is 11.6 Å². The zero-order valence-corrected chi connectivity index (χ0v) is 17.2. The number of nitrogens with zero attached hydrogens (tertiary/aromatic N) is 1. The number of furan rings is 2. The largest absolute Gasteiger partial charge is 0.481 e. The third-order valence-electron chi connectivity index (χ3n) is 4.45. The molecule has 0 aliphatic heterocycles. The van der Waals surface area contributed by atoms with Gasteiger partial charge in [-0.1, -0.05) is 11.6 Å². The summed E-state index contributed by atoms with van der Waals surface area (Å²) in [6, 6.07) is 11.1. The van der Waals surface area contributed by atoms with Gasteiger partial charge < -0.3 is 18.5 Å². The molecule has 3 rings (SSSR count). The average molecular weight is 402 g/mol. The number of ether oxygens (including phenoxy) is 1. The van der Waals surface area contributed by atoms with E-state index in [2.05, 4.69) is 0 Å². The Morgan fingerprint density at radius 1 is 1.11 bits per heavy atom. The van der Waals surface area contributed by atoms with Crippen LogP contribution in [0.15, 0.2) is 51.5 Å². The van der Waals surface area contributed by atoms with E-state index in [1.807, 2.05) is 51.1 Å². The predicted octanol–water partition coefficient (Wildman–Crippen LogP) is 5.45. The molecule has 3 aromatic rings. The van der Waals surface area contributed by atoms with Gasteiger partial charge in [0.2, 0.25) is 0 Å². The lowest BCUT2D eigenvalue weighted by molar-refractivity contribution is -0.139. The normalized spacial score (nSPS) is 12.0. The molecule has 0 spiro atoms. The fraction of sp³-hybridized carbons (Fsp3) is 0.318. The number of amides is 1. The highest BCUT2D eigenvalue weighted by Crippen LogP contribution is 2.27. The van der Waals surface area contributed by atoms with Gasteiger partial charge in [-0.2, -0.15) is 0 Å². The van der Waals surface area contributed by atoms with Gasteiger partial charge in [0.05, 0.1) is 19.4 Å². The third-order valence-corrected chi connectivity index (χ3v) is 5.05. The van der Waals surface area contributed by atoms with E-state index in [0.717, 1.165) is 16.9 Å². The molecule has 0 N–H and O–H groups in total. The second kappa shape index (κ2) is 8.57. The summed E-state index contributed by atoms with van der Waals surface area (Å²) in [6.07, 6.45) is 0.916. The van der Waals surface area contributed by atoms with Crippen LogP contribution in [0.2, 0.25) is 5.02 Å². The Labute approximate surface area is 169 Å². The maximum Gasteiger partial charge on any atom is 0.264 e. The number of hydrogen-bond acceptors (Lipinski definition) is 4. The number of carbonyl (C=O) groups excluding carboxylic acids is 1. The van der Waals surface area contributed by atoms with Crippen molar-refractivity contribution in [2.24, 2.45) is 0 Å². The van der Waals surface area contributed by atoms with Gasteiger partial charge in [-0.25, -0.2) is 0 Å². The molecule has 0 fully saturated rings. The Balaban J connectivity index is 1.77. The van der Waals surface area contributed by atoms with Gasteiger partial charge in [-0.05, 0) is 75.2 Å². The van der Waals surface area contributed by atoms with Crippen LogP contribution in [0.3, 0.4) is 0 Å². The first-order valence-corrected chi connectivity index (χ1v) is 9.51. The van der Waals surface area contributed by atoms with E-state index < -0.39 is 6.10 Å². The molecule has 0 saturated heterocycles. The van der Waals surface area contributed by atoms with Crippen molar-refractivity contribution in [3.05, 3.63) is 76.1 Å². The van der Waals surface area contributed by atoms with Crippen LogP contribution < -0.4 is 4.74 Å². The topological polar surface area (TPSA) is 55.8 Å². The molecule has 1 aromatic carbocycles. The Hall–Kier alpha value is -2.66. The van der Waals surface area contributed by atoms with Gasteiger partial charge in [0, 0.05) is 5.02 Å². The van der Waals surface area contributed by atoms with Gasteiger partial charge in [-0.3, -0.25) is 4.79 Å². The first kappa shape index (κ1) is 20.1. The van der Waals surface area contributed by atoms with E-state index in [9.17, 15) is 4.79 Å². The second-order valence-corrected chi connectivity index (χ2v) is 7.30. The third kappa shape index (κ3) is 4.78. The van der Waals surface area contributed by atoms with Crippen LogP contribution in [0.25, 0.3) is 0 Å². The molecule has 0 aliphatic carbocycles. The fourth-order valence-corrected chi connectivity index (χ4v) is 3.16. The van der Waals surface area contributed by atoms with E-state index in [1.165, 1.54) is 0 Å². The standard InChI is InChI=1S/C22H24ClNO4/c1-14-10-20(11-15(2)21(14)23)28-17(4)22(25)24(12-18-6-5-9-26-18)13-19-8-7-16(3)27-19/h5-11,17H,12-13H2,1-4H3. The molecular weight excluding hydrogens is 378 g/mol. The minimum Gasteiger partial charge on any atom is -0.481 e. The zero-order valence-electron chi connectivity index (χ0n) is 16.5. The summed E-state index contributed by atoms with van der Waals surface area (Å²) in [5, 5.41) is 0.707. The van der Waals surface area contributed by atoms with Crippen molar-refractivity contribution in [2.45, 2.75) is 46.9 Å². The lowest BCUT2D eigenvalue weighted by Crippen LogP contribution is -2.39. The molecule has 6 heteroatoms. The van der Waals surface area contributed by atoms with Crippen molar-refractivity contribution in [3.8, 4) is 5.75 Å². The van der Waals surface area contributed by atoms with E-state index in [1.54, 1.807) is 24.2 Å². The van der Waals surface area contributed by atoms with Crippen molar-refractivity contribution >= 4 is 17.5 Å². The molecule has 5 nitrogen and oxygen atoms in total. The van der Waals surface area contributed by atoms with E-state index >= 15 is 0 Å². The van der Waals surface area contributed by atoms with Crippen LogP contribution in [0.4, 0.5) is 0 Å². The highest BCUT2D eigenvalue weighted by atomic mass is 35.5. The summed E-state index contributed by atoms with van der Waals surface area (Å²) in [7, 11) is 0. The van der Waals surface area contributed by atoms with Crippen LogP contribution in [0, 0.1) is 20.8 Å². The lowest BCUT2D eigenvalue weighted by Gasteiger charge is -2.25. The number of halogens is 1. The minimum atomic E-state index is -0.675. The minimum absolute atomic E-state index is 0.157. The number of rotatable bonds is 7. The van der Waals surface area contributed by atoms with Crippen LogP contribution in [0.5, 0.6) is 5.75 Å². The summed E-state index contributed by atoms with van der Waals surface area (Å²) in [4.78, 5) is 14.8. The van der Waals surface area contributed by atoms with E-state index in [-0.39, 0.29) is 5.91 Å². The van der Waals surface area contributed by atoms with E-state index in [0.29, 0.717) is 35.4 Å². The Morgan fingerprint density at radius 2 is 1.79 bits per heavy atom. The molecule has 1 atom stereocenters. The first-order valence-electron chi connectivity index (χ1n) is 9.13. The van der Waals surface area contributed by atoms with Crippen molar-refractivity contribution < 1.29 is 18.4 Å². The van der Waals surface area contributed by atoms with Gasteiger partial charge in [0.25, 0.3) is 5.91 Å². The molecular formula is C22H24ClNO4. The monoisotopic (exact) mass is 401 g/mol. The average Bonchev–Trinajstić information content (AvgIpc) is 3.30. The van der Waals surface area contributed by atoms with Crippen molar-refractivity contribution in [1.29, 1.82) is 0 Å². The summed E-state index contributed by atoms with van der Waals surface area (Å²) in [5.74, 6) is 2.67. The number of carbonyl (C=O) groups is 1. The predicted molar refractivity (Wildman–Crippen MR) is 107 cm³/mol. The SMILES string of the molecule is Cc1ccc(CN(Cc2ccco2)C(=O)C(C)Oc2cc(C)c(Cl)c(C)c2)o1. The van der Waals surface area contributed by atoms with Gasteiger partial charge >= 0.3 is 0 Å². The molecule has 0 aliphatic rings. The second-order valence-electron chi connectivity index (χ2n) is 6.92. The summed E-state index contributed by atoms with van der Waals surface area (Å²) < 4.78 is 17.0. The quantitative estimate of drug-likeness (QED) is 0.528. The molecule has 0 bridgehead atoms. The smallest absolute Gasteiger partial charge is 0.264 e. The maximum absolute atomic E-state index is 13.1. The van der Waals surface area contributed by atoms with Gasteiger partial charge in [0.1, 0.15) is 23.0 Å². The molecule has 28 heavy (non-hydrogen) atoms. The van der Waals surface area contributed by atoms with Crippen molar-refractivity contribution in [1.82, 2.24) is 4.90 Å². The molecule has 2 aromatic heterocycles.